The molecular formula is C16H29NO. The zero-order valence-corrected chi connectivity index (χ0v) is 12.1. The molecule has 1 heterocycles. The highest BCUT2D eigenvalue weighted by atomic mass is 16.5. The molecule has 2 unspecified atom stereocenters. The van der Waals surface area contributed by atoms with Gasteiger partial charge in [-0.3, -0.25) is 0 Å². The third-order valence-corrected chi connectivity index (χ3v) is 5.87. The Morgan fingerprint density at radius 1 is 1.11 bits per heavy atom. The topological polar surface area (TPSA) is 21.3 Å². The molecule has 2 nitrogen and oxygen atoms in total. The molecule has 2 saturated carbocycles. The molecule has 3 fully saturated rings. The lowest BCUT2D eigenvalue weighted by atomic mass is 9.71. The summed E-state index contributed by atoms with van der Waals surface area (Å²) in [6, 6.07) is 0.722. The fourth-order valence-corrected chi connectivity index (χ4v) is 4.56. The molecule has 0 aromatic carbocycles. The predicted molar refractivity (Wildman–Crippen MR) is 74.7 cm³/mol. The Balaban J connectivity index is 1.69. The molecule has 1 aliphatic heterocycles. The number of hydrogen-bond donors (Lipinski definition) is 1. The van der Waals surface area contributed by atoms with E-state index in [0.29, 0.717) is 5.41 Å². The van der Waals surface area contributed by atoms with Crippen LogP contribution in [0.1, 0.15) is 64.7 Å². The van der Waals surface area contributed by atoms with Crippen molar-refractivity contribution in [2.24, 2.45) is 11.3 Å². The molecule has 104 valence electrons. The van der Waals surface area contributed by atoms with Crippen LogP contribution in [-0.4, -0.2) is 25.3 Å². The summed E-state index contributed by atoms with van der Waals surface area (Å²) in [6.07, 6.45) is 12.2. The first-order chi connectivity index (χ1) is 8.68. The van der Waals surface area contributed by atoms with Crippen LogP contribution in [0.2, 0.25) is 0 Å². The van der Waals surface area contributed by atoms with Crippen molar-refractivity contribution in [2.45, 2.75) is 76.4 Å². The Morgan fingerprint density at radius 3 is 2.44 bits per heavy atom. The monoisotopic (exact) mass is 251 g/mol. The molecule has 3 aliphatic rings. The molecule has 0 bridgehead atoms. The van der Waals surface area contributed by atoms with Crippen molar-refractivity contribution in [3.63, 3.8) is 0 Å². The van der Waals surface area contributed by atoms with Crippen molar-refractivity contribution in [1.82, 2.24) is 5.32 Å². The van der Waals surface area contributed by atoms with E-state index in [4.69, 9.17) is 4.74 Å². The third-order valence-electron chi connectivity index (χ3n) is 5.87. The lowest BCUT2D eigenvalue weighted by molar-refractivity contribution is -0.124. The molecule has 1 spiro atoms. The van der Waals surface area contributed by atoms with Gasteiger partial charge in [-0.05, 0) is 56.9 Å². The minimum absolute atomic E-state index is 0.265. The third kappa shape index (κ3) is 2.34. The van der Waals surface area contributed by atoms with Crippen molar-refractivity contribution in [3.05, 3.63) is 0 Å². The van der Waals surface area contributed by atoms with E-state index in [0.717, 1.165) is 18.6 Å². The SMILES string of the molecule is CNC(C1CCOC2(CCCCC2)C1)C1(C)CC1. The predicted octanol–water partition coefficient (Wildman–Crippen LogP) is 3.50. The minimum Gasteiger partial charge on any atom is -0.375 e. The van der Waals surface area contributed by atoms with E-state index in [-0.39, 0.29) is 5.60 Å². The number of ether oxygens (including phenoxy) is 1. The maximum absolute atomic E-state index is 6.24. The highest BCUT2D eigenvalue weighted by Gasteiger charge is 2.50. The van der Waals surface area contributed by atoms with E-state index < -0.39 is 0 Å². The van der Waals surface area contributed by atoms with Gasteiger partial charge in [0.2, 0.25) is 0 Å². The van der Waals surface area contributed by atoms with Crippen LogP contribution in [0.25, 0.3) is 0 Å². The second-order valence-electron chi connectivity index (χ2n) is 7.27. The van der Waals surface area contributed by atoms with Crippen molar-refractivity contribution in [1.29, 1.82) is 0 Å². The van der Waals surface area contributed by atoms with Crippen molar-refractivity contribution in [3.8, 4) is 0 Å². The van der Waals surface area contributed by atoms with E-state index in [2.05, 4.69) is 19.3 Å². The molecule has 0 aromatic rings. The van der Waals surface area contributed by atoms with Gasteiger partial charge in [-0.15, -0.1) is 0 Å². The van der Waals surface area contributed by atoms with Crippen LogP contribution in [-0.2, 0) is 4.74 Å². The van der Waals surface area contributed by atoms with Crippen LogP contribution in [0.15, 0.2) is 0 Å². The summed E-state index contributed by atoms with van der Waals surface area (Å²) in [5.41, 5.74) is 0.855. The summed E-state index contributed by atoms with van der Waals surface area (Å²) in [5.74, 6) is 0.842. The zero-order chi connectivity index (χ0) is 12.6. The first kappa shape index (κ1) is 12.9. The number of rotatable bonds is 3. The molecule has 18 heavy (non-hydrogen) atoms. The summed E-state index contributed by atoms with van der Waals surface area (Å²) in [4.78, 5) is 0. The van der Waals surface area contributed by atoms with E-state index >= 15 is 0 Å². The molecule has 0 amide bonds. The Kier molecular flexibility index (Phi) is 3.44. The van der Waals surface area contributed by atoms with Gasteiger partial charge in [-0.1, -0.05) is 26.2 Å². The largest absolute Gasteiger partial charge is 0.375 e. The molecule has 0 aromatic heterocycles. The minimum atomic E-state index is 0.265. The Bertz CT molecular complexity index is 286. The van der Waals surface area contributed by atoms with Crippen LogP contribution in [0, 0.1) is 11.3 Å². The number of nitrogens with one attached hydrogen (secondary N) is 1. The van der Waals surface area contributed by atoms with E-state index in [1.165, 1.54) is 57.8 Å². The van der Waals surface area contributed by atoms with Gasteiger partial charge in [-0.25, -0.2) is 0 Å². The Hall–Kier alpha value is -0.0800. The van der Waals surface area contributed by atoms with Crippen LogP contribution >= 0.6 is 0 Å². The van der Waals surface area contributed by atoms with E-state index in [1.54, 1.807) is 0 Å². The summed E-state index contributed by atoms with van der Waals surface area (Å²) >= 11 is 0. The second kappa shape index (κ2) is 4.79. The normalized spacial score (nSPS) is 35.3. The van der Waals surface area contributed by atoms with Gasteiger partial charge in [0.15, 0.2) is 0 Å². The lowest BCUT2D eigenvalue weighted by Crippen LogP contribution is -2.49. The Labute approximate surface area is 112 Å². The van der Waals surface area contributed by atoms with Crippen molar-refractivity contribution in [2.75, 3.05) is 13.7 Å². The first-order valence-corrected chi connectivity index (χ1v) is 7.99. The molecule has 1 saturated heterocycles. The average molecular weight is 251 g/mol. The summed E-state index contributed by atoms with van der Waals surface area (Å²) in [5, 5.41) is 3.64. The summed E-state index contributed by atoms with van der Waals surface area (Å²) in [6.45, 7) is 3.47. The standard InChI is InChI=1S/C16H29NO/c1-15(9-10-15)14(17-2)13-6-11-18-16(12-13)7-4-3-5-8-16/h13-14,17H,3-12H2,1-2H3. The van der Waals surface area contributed by atoms with E-state index in [9.17, 15) is 0 Å². The Morgan fingerprint density at radius 2 is 1.83 bits per heavy atom. The molecule has 2 heteroatoms. The van der Waals surface area contributed by atoms with Gasteiger partial charge in [0.05, 0.1) is 5.60 Å². The quantitative estimate of drug-likeness (QED) is 0.829. The van der Waals surface area contributed by atoms with Crippen molar-refractivity contribution >= 4 is 0 Å². The summed E-state index contributed by atoms with van der Waals surface area (Å²) in [7, 11) is 2.16. The maximum Gasteiger partial charge on any atom is 0.0685 e. The second-order valence-corrected chi connectivity index (χ2v) is 7.27. The average Bonchev–Trinajstić information content (AvgIpc) is 3.10. The zero-order valence-electron chi connectivity index (χ0n) is 12.1. The maximum atomic E-state index is 6.24. The lowest BCUT2D eigenvalue weighted by Gasteiger charge is -2.46. The van der Waals surface area contributed by atoms with Gasteiger partial charge in [0, 0.05) is 12.6 Å². The fraction of sp³-hybridized carbons (Fsp3) is 1.00. The van der Waals surface area contributed by atoms with Crippen LogP contribution in [0.4, 0.5) is 0 Å². The highest BCUT2D eigenvalue weighted by molar-refractivity contribution is 5.04. The molecule has 3 rings (SSSR count). The molecule has 2 atom stereocenters. The first-order valence-electron chi connectivity index (χ1n) is 7.99. The highest BCUT2D eigenvalue weighted by Crippen LogP contribution is 2.53. The smallest absolute Gasteiger partial charge is 0.0685 e. The molecule has 2 aliphatic carbocycles. The fourth-order valence-electron chi connectivity index (χ4n) is 4.56. The molecule has 0 radical (unpaired) electrons. The van der Waals surface area contributed by atoms with Gasteiger partial charge >= 0.3 is 0 Å². The van der Waals surface area contributed by atoms with Gasteiger partial charge in [0.25, 0.3) is 0 Å². The van der Waals surface area contributed by atoms with Crippen LogP contribution in [0.5, 0.6) is 0 Å². The van der Waals surface area contributed by atoms with Gasteiger partial charge in [-0.2, -0.15) is 0 Å². The van der Waals surface area contributed by atoms with Crippen molar-refractivity contribution < 1.29 is 4.74 Å². The summed E-state index contributed by atoms with van der Waals surface area (Å²) < 4.78 is 6.24. The van der Waals surface area contributed by atoms with Crippen LogP contribution < -0.4 is 5.32 Å². The number of hydrogen-bond acceptors (Lipinski definition) is 2. The molecule has 1 N–H and O–H groups in total. The molecular weight excluding hydrogens is 222 g/mol. The van der Waals surface area contributed by atoms with Crippen LogP contribution in [0.3, 0.4) is 0 Å². The van der Waals surface area contributed by atoms with E-state index in [1.807, 2.05) is 0 Å². The van der Waals surface area contributed by atoms with Gasteiger partial charge in [0.1, 0.15) is 0 Å². The van der Waals surface area contributed by atoms with Gasteiger partial charge < -0.3 is 10.1 Å².